The zero-order valence-electron chi connectivity index (χ0n) is 20.8. The molecule has 2 heterocycles. The maximum absolute atomic E-state index is 7.07. The van der Waals surface area contributed by atoms with Crippen molar-refractivity contribution in [3.05, 3.63) is 60.7 Å². The van der Waals surface area contributed by atoms with E-state index in [1.165, 1.54) is 10.4 Å². The number of rotatable bonds is 7. The van der Waals surface area contributed by atoms with E-state index in [2.05, 4.69) is 104 Å². The van der Waals surface area contributed by atoms with Gasteiger partial charge in [0.1, 0.15) is 0 Å². The van der Waals surface area contributed by atoms with Gasteiger partial charge in [0, 0.05) is 11.4 Å². The third kappa shape index (κ3) is 5.35. The average molecular weight is 566 g/mol. The first-order valence-electron chi connectivity index (χ1n) is 12.6. The van der Waals surface area contributed by atoms with Gasteiger partial charge in [-0.05, 0) is 41.1 Å². The number of halogens is 2. The van der Waals surface area contributed by atoms with Crippen LogP contribution in [0, 0.1) is 0 Å². The Balaban J connectivity index is 1.52. The summed E-state index contributed by atoms with van der Waals surface area (Å²) in [5.41, 5.74) is 0. The smallest absolute Gasteiger partial charge is 0.261 e. The Morgan fingerprint density at radius 1 is 0.912 bits per heavy atom. The minimum atomic E-state index is -2.55. The molecule has 0 spiro atoms. The van der Waals surface area contributed by atoms with Gasteiger partial charge in [-0.3, -0.25) is 0 Å². The van der Waals surface area contributed by atoms with Gasteiger partial charge in [-0.25, -0.2) is 0 Å². The summed E-state index contributed by atoms with van der Waals surface area (Å²) in [6, 6.07) is 21.6. The second-order valence-electron chi connectivity index (χ2n) is 10.6. The van der Waals surface area contributed by atoms with Gasteiger partial charge in [0.25, 0.3) is 8.32 Å². The summed E-state index contributed by atoms with van der Waals surface area (Å²) in [6.45, 7) is 9.72. The summed E-state index contributed by atoms with van der Waals surface area (Å²) < 4.78 is 19.9. The minimum Gasteiger partial charge on any atom is -0.407 e. The van der Waals surface area contributed by atoms with Crippen LogP contribution in [-0.4, -0.2) is 49.5 Å². The maximum atomic E-state index is 7.07. The zero-order chi connectivity index (χ0) is 24.3. The lowest BCUT2D eigenvalue weighted by molar-refractivity contribution is -0.184. The normalized spacial score (nSPS) is 30.1. The molecule has 2 aliphatic heterocycles. The van der Waals surface area contributed by atoms with Crippen molar-refractivity contribution in [1.29, 1.82) is 0 Å². The highest BCUT2D eigenvalue weighted by Gasteiger charge is 2.50. The Morgan fingerprint density at radius 2 is 1.44 bits per heavy atom. The summed E-state index contributed by atoms with van der Waals surface area (Å²) in [5.74, 6) is 0. The summed E-state index contributed by atoms with van der Waals surface area (Å²) in [5, 5.41) is 2.50. The fraction of sp³-hybridized carbons (Fsp3) is 0.571. The molecule has 186 valence electrons. The SMILES string of the molecule is CC[C@@H]1O[C@@H]2C[C@H](Cl)[C@H](CCO[Si](c3ccccc3)(c3ccccc3)C(C)(C)C)O[C@@H]2C[C@H]1Br. The molecular weight excluding hydrogens is 528 g/mol. The maximum Gasteiger partial charge on any atom is 0.261 e. The summed E-state index contributed by atoms with van der Waals surface area (Å²) >= 11 is 10.6. The molecular formula is C28H38BrClO3Si. The first-order chi connectivity index (χ1) is 16.3. The van der Waals surface area contributed by atoms with E-state index in [0.29, 0.717) is 11.4 Å². The van der Waals surface area contributed by atoms with Crippen LogP contribution in [-0.2, 0) is 13.9 Å². The van der Waals surface area contributed by atoms with Crippen LogP contribution in [0.25, 0.3) is 0 Å². The van der Waals surface area contributed by atoms with Crippen molar-refractivity contribution in [2.24, 2.45) is 0 Å². The molecule has 0 unspecified atom stereocenters. The van der Waals surface area contributed by atoms with Gasteiger partial charge in [0.2, 0.25) is 0 Å². The molecule has 2 aliphatic rings. The van der Waals surface area contributed by atoms with Crippen LogP contribution in [0.5, 0.6) is 0 Å². The van der Waals surface area contributed by atoms with Crippen LogP contribution in [0.3, 0.4) is 0 Å². The van der Waals surface area contributed by atoms with Crippen LogP contribution in [0.15, 0.2) is 60.7 Å². The van der Waals surface area contributed by atoms with Gasteiger partial charge in [-0.1, -0.05) is 104 Å². The highest BCUT2D eigenvalue weighted by Crippen LogP contribution is 2.39. The minimum absolute atomic E-state index is 0.0254. The lowest BCUT2D eigenvalue weighted by Crippen LogP contribution is -2.66. The Kier molecular flexibility index (Phi) is 8.64. The molecule has 2 saturated heterocycles. The van der Waals surface area contributed by atoms with Crippen LogP contribution in [0.2, 0.25) is 5.04 Å². The number of fused-ring (bicyclic) bond motifs is 1. The third-order valence-corrected chi connectivity index (χ3v) is 13.8. The number of ether oxygens (including phenoxy) is 2. The monoisotopic (exact) mass is 564 g/mol. The van der Waals surface area contributed by atoms with Gasteiger partial charge in [0.05, 0.1) is 29.8 Å². The Hall–Kier alpha value is -0.693. The molecule has 0 aliphatic carbocycles. The number of alkyl halides is 2. The van der Waals surface area contributed by atoms with Crippen molar-refractivity contribution in [3.63, 3.8) is 0 Å². The molecule has 0 saturated carbocycles. The van der Waals surface area contributed by atoms with Crippen molar-refractivity contribution >= 4 is 46.2 Å². The van der Waals surface area contributed by atoms with E-state index in [1.807, 2.05) is 0 Å². The van der Waals surface area contributed by atoms with Crippen LogP contribution >= 0.6 is 27.5 Å². The highest BCUT2D eigenvalue weighted by atomic mass is 79.9. The van der Waals surface area contributed by atoms with E-state index in [4.69, 9.17) is 25.5 Å². The van der Waals surface area contributed by atoms with Crippen LogP contribution in [0.4, 0.5) is 0 Å². The predicted molar refractivity (Wildman–Crippen MR) is 147 cm³/mol. The highest BCUT2D eigenvalue weighted by molar-refractivity contribution is 9.09. The van der Waals surface area contributed by atoms with Crippen molar-refractivity contribution in [1.82, 2.24) is 0 Å². The van der Waals surface area contributed by atoms with Gasteiger partial charge in [-0.2, -0.15) is 0 Å². The first kappa shape index (κ1) is 26.4. The number of hydrogen-bond donors (Lipinski definition) is 0. The lowest BCUT2D eigenvalue weighted by atomic mass is 9.91. The molecule has 34 heavy (non-hydrogen) atoms. The fourth-order valence-corrected chi connectivity index (χ4v) is 11.5. The summed E-state index contributed by atoms with van der Waals surface area (Å²) in [4.78, 5) is 0.333. The van der Waals surface area contributed by atoms with Gasteiger partial charge < -0.3 is 13.9 Å². The standard InChI is InChI=1S/C28H38BrClO3Si/c1-5-24-22(29)18-26-27(32-24)19-23(30)25(33-26)16-17-31-34(28(2,3)4,20-12-8-6-9-13-20)21-14-10-7-11-15-21/h6-15,22-27H,5,16-19H2,1-4H3/t22-,23+,24+,25+,26-,27-/m1/s1. The van der Waals surface area contributed by atoms with E-state index < -0.39 is 8.32 Å². The van der Waals surface area contributed by atoms with Crippen molar-refractivity contribution in [2.75, 3.05) is 6.61 Å². The van der Waals surface area contributed by atoms with E-state index in [-0.39, 0.29) is 34.8 Å². The molecule has 3 nitrogen and oxygen atoms in total. The van der Waals surface area contributed by atoms with Crippen molar-refractivity contribution < 1.29 is 13.9 Å². The zero-order valence-corrected chi connectivity index (χ0v) is 24.1. The summed E-state index contributed by atoms with van der Waals surface area (Å²) in [7, 11) is -2.55. The number of hydrogen-bond acceptors (Lipinski definition) is 3. The summed E-state index contributed by atoms with van der Waals surface area (Å²) in [6.07, 6.45) is 4.00. The topological polar surface area (TPSA) is 27.7 Å². The second-order valence-corrected chi connectivity index (χ2v) is 16.7. The molecule has 0 radical (unpaired) electrons. The second kappa shape index (κ2) is 11.1. The van der Waals surface area contributed by atoms with Crippen molar-refractivity contribution in [2.45, 2.75) is 93.0 Å². The Labute approximate surface area is 219 Å². The first-order valence-corrected chi connectivity index (χ1v) is 15.9. The van der Waals surface area contributed by atoms with Crippen LogP contribution in [0.1, 0.15) is 53.4 Å². The third-order valence-electron chi connectivity index (χ3n) is 7.38. The lowest BCUT2D eigenvalue weighted by Gasteiger charge is -2.46. The molecule has 6 atom stereocenters. The molecule has 0 aromatic heterocycles. The van der Waals surface area contributed by atoms with Gasteiger partial charge in [0.15, 0.2) is 0 Å². The largest absolute Gasteiger partial charge is 0.407 e. The molecule has 2 fully saturated rings. The van der Waals surface area contributed by atoms with E-state index >= 15 is 0 Å². The molecule has 0 N–H and O–H groups in total. The van der Waals surface area contributed by atoms with E-state index in [9.17, 15) is 0 Å². The Bertz CT molecular complexity index is 867. The fourth-order valence-electron chi connectivity index (χ4n) is 5.65. The van der Waals surface area contributed by atoms with Gasteiger partial charge >= 0.3 is 0 Å². The van der Waals surface area contributed by atoms with Crippen molar-refractivity contribution in [3.8, 4) is 0 Å². The number of benzene rings is 2. The van der Waals surface area contributed by atoms with Crippen LogP contribution < -0.4 is 10.4 Å². The molecule has 2 aromatic carbocycles. The van der Waals surface area contributed by atoms with E-state index in [0.717, 1.165) is 25.7 Å². The average Bonchev–Trinajstić information content (AvgIpc) is 2.82. The predicted octanol–water partition coefficient (Wildman–Crippen LogP) is 6.05. The molecule has 6 heteroatoms. The molecule has 0 amide bonds. The Morgan fingerprint density at radius 3 is 1.97 bits per heavy atom. The molecule has 4 rings (SSSR count). The van der Waals surface area contributed by atoms with E-state index in [1.54, 1.807) is 0 Å². The van der Waals surface area contributed by atoms with Gasteiger partial charge in [-0.15, -0.1) is 11.6 Å². The molecule has 2 aromatic rings. The quantitative estimate of drug-likeness (QED) is 0.302. The molecule has 0 bridgehead atoms.